The Morgan fingerprint density at radius 2 is 2.42 bits per heavy atom. The number of morpholine rings is 1. The number of amides is 1. The van der Waals surface area contributed by atoms with Gasteiger partial charge in [0.1, 0.15) is 0 Å². The van der Waals surface area contributed by atoms with Crippen LogP contribution in [0.25, 0.3) is 0 Å². The summed E-state index contributed by atoms with van der Waals surface area (Å²) in [5.41, 5.74) is 0. The summed E-state index contributed by atoms with van der Waals surface area (Å²) in [6, 6.07) is 0.421. The third-order valence-corrected chi connectivity index (χ3v) is 4.56. The zero-order valence-electron chi connectivity index (χ0n) is 10.9. The summed E-state index contributed by atoms with van der Waals surface area (Å²) in [4.78, 5) is 18.4. The zero-order chi connectivity index (χ0) is 13.1. The van der Waals surface area contributed by atoms with Crippen LogP contribution in [0.2, 0.25) is 0 Å². The maximum Gasteiger partial charge on any atom is 0.240 e. The first-order chi connectivity index (χ1) is 9.33. The number of ether oxygens (including phenoxy) is 1. The predicted molar refractivity (Wildman–Crippen MR) is 74.3 cm³/mol. The lowest BCUT2D eigenvalue weighted by Crippen LogP contribution is -2.54. The van der Waals surface area contributed by atoms with Crippen LogP contribution >= 0.6 is 11.3 Å². The van der Waals surface area contributed by atoms with Crippen molar-refractivity contribution in [1.82, 2.24) is 9.88 Å². The van der Waals surface area contributed by atoms with Gasteiger partial charge in [-0.05, 0) is 12.8 Å². The van der Waals surface area contributed by atoms with E-state index in [1.165, 1.54) is 24.2 Å². The van der Waals surface area contributed by atoms with Gasteiger partial charge in [-0.15, -0.1) is 11.3 Å². The van der Waals surface area contributed by atoms with Gasteiger partial charge >= 0.3 is 0 Å². The maximum absolute atomic E-state index is 12.0. The fraction of sp³-hybridized carbons (Fsp3) is 0.692. The Morgan fingerprint density at radius 3 is 3.26 bits per heavy atom. The fourth-order valence-corrected chi connectivity index (χ4v) is 3.55. The van der Waals surface area contributed by atoms with Crippen molar-refractivity contribution in [2.75, 3.05) is 25.0 Å². The minimum Gasteiger partial charge on any atom is -0.375 e. The van der Waals surface area contributed by atoms with Gasteiger partial charge in [-0.2, -0.15) is 0 Å². The van der Waals surface area contributed by atoms with Crippen LogP contribution in [0.15, 0.2) is 11.6 Å². The molecule has 5 nitrogen and oxygen atoms in total. The summed E-state index contributed by atoms with van der Waals surface area (Å²) >= 11 is 1.45. The number of aromatic nitrogens is 1. The van der Waals surface area contributed by atoms with E-state index in [4.69, 9.17) is 4.74 Å². The molecule has 1 saturated carbocycles. The number of carbonyl (C=O) groups excluding carboxylic acids is 1. The number of thiazole rings is 1. The van der Waals surface area contributed by atoms with Crippen LogP contribution in [0.4, 0.5) is 5.13 Å². The van der Waals surface area contributed by atoms with E-state index < -0.39 is 0 Å². The molecule has 0 aromatic carbocycles. The van der Waals surface area contributed by atoms with E-state index >= 15 is 0 Å². The van der Waals surface area contributed by atoms with E-state index in [0.717, 1.165) is 26.0 Å². The van der Waals surface area contributed by atoms with Gasteiger partial charge in [-0.1, -0.05) is 12.8 Å². The molecule has 0 unspecified atom stereocenters. The van der Waals surface area contributed by atoms with Crippen LogP contribution in [0.1, 0.15) is 25.7 Å². The van der Waals surface area contributed by atoms with Crippen molar-refractivity contribution in [1.29, 1.82) is 0 Å². The van der Waals surface area contributed by atoms with E-state index in [-0.39, 0.29) is 5.91 Å². The molecule has 2 aliphatic rings. The van der Waals surface area contributed by atoms with Crippen molar-refractivity contribution >= 4 is 22.4 Å². The second-order valence-corrected chi connectivity index (χ2v) is 6.01. The highest BCUT2D eigenvalue weighted by molar-refractivity contribution is 7.13. The molecule has 2 atom stereocenters. The normalized spacial score (nSPS) is 27.8. The molecule has 1 aromatic rings. The fourth-order valence-electron chi connectivity index (χ4n) is 3.00. The molecule has 19 heavy (non-hydrogen) atoms. The van der Waals surface area contributed by atoms with Crippen LogP contribution in [-0.2, 0) is 9.53 Å². The van der Waals surface area contributed by atoms with Crippen LogP contribution in [-0.4, -0.2) is 47.6 Å². The van der Waals surface area contributed by atoms with E-state index in [1.54, 1.807) is 6.20 Å². The molecule has 3 rings (SSSR count). The lowest BCUT2D eigenvalue weighted by Gasteiger charge is -2.43. The molecule has 0 spiro atoms. The van der Waals surface area contributed by atoms with Gasteiger partial charge in [0.2, 0.25) is 5.91 Å². The Balaban J connectivity index is 1.57. The number of nitrogens with one attached hydrogen (secondary N) is 1. The second-order valence-electron chi connectivity index (χ2n) is 5.12. The molecule has 1 saturated heterocycles. The van der Waals surface area contributed by atoms with Crippen molar-refractivity contribution in [3.05, 3.63) is 11.6 Å². The number of nitrogens with zero attached hydrogens (tertiary/aromatic N) is 2. The number of carbonyl (C=O) groups is 1. The predicted octanol–water partition coefficient (Wildman–Crippen LogP) is 1.72. The second kappa shape index (κ2) is 5.98. The number of rotatable bonds is 3. The van der Waals surface area contributed by atoms with Gasteiger partial charge in [0.25, 0.3) is 0 Å². The van der Waals surface area contributed by atoms with Crippen LogP contribution in [0, 0.1) is 0 Å². The molecule has 2 fully saturated rings. The maximum atomic E-state index is 12.0. The van der Waals surface area contributed by atoms with Gasteiger partial charge in [-0.3, -0.25) is 9.69 Å². The first kappa shape index (κ1) is 13.0. The van der Waals surface area contributed by atoms with Gasteiger partial charge in [-0.25, -0.2) is 4.98 Å². The van der Waals surface area contributed by atoms with Crippen molar-refractivity contribution in [3.63, 3.8) is 0 Å². The molecule has 0 bridgehead atoms. The number of hydrogen-bond donors (Lipinski definition) is 1. The lowest BCUT2D eigenvalue weighted by atomic mass is 9.90. The summed E-state index contributed by atoms with van der Waals surface area (Å²) in [7, 11) is 0. The summed E-state index contributed by atoms with van der Waals surface area (Å²) < 4.78 is 5.82. The summed E-state index contributed by atoms with van der Waals surface area (Å²) in [6.07, 6.45) is 6.81. The summed E-state index contributed by atoms with van der Waals surface area (Å²) in [5.74, 6) is 0.0289. The standard InChI is InChI=1S/C13H19N3O2S/c17-12(15-13-14-5-8-19-13)9-16-6-7-18-11-4-2-1-3-10(11)16/h5,8,10-11H,1-4,6-7,9H2,(H,14,15,17)/t10-,11-/m0/s1. The molecular weight excluding hydrogens is 262 g/mol. The highest BCUT2D eigenvalue weighted by Crippen LogP contribution is 2.28. The molecule has 6 heteroatoms. The first-order valence-corrected chi connectivity index (χ1v) is 7.76. The molecule has 1 N–H and O–H groups in total. The van der Waals surface area contributed by atoms with E-state index in [2.05, 4.69) is 15.2 Å². The third kappa shape index (κ3) is 3.13. The number of fused-ring (bicyclic) bond motifs is 1. The minimum absolute atomic E-state index is 0.0289. The number of anilines is 1. The van der Waals surface area contributed by atoms with Crippen molar-refractivity contribution in [2.45, 2.75) is 37.8 Å². The average Bonchev–Trinajstić information content (AvgIpc) is 2.92. The Labute approximate surface area is 117 Å². The smallest absolute Gasteiger partial charge is 0.240 e. The van der Waals surface area contributed by atoms with Crippen LogP contribution in [0.5, 0.6) is 0 Å². The minimum atomic E-state index is 0.0289. The van der Waals surface area contributed by atoms with Crippen LogP contribution in [0.3, 0.4) is 0 Å². The molecule has 0 radical (unpaired) electrons. The van der Waals surface area contributed by atoms with E-state index in [9.17, 15) is 4.79 Å². The van der Waals surface area contributed by atoms with Crippen molar-refractivity contribution < 1.29 is 9.53 Å². The van der Waals surface area contributed by atoms with Crippen molar-refractivity contribution in [3.8, 4) is 0 Å². The highest BCUT2D eigenvalue weighted by atomic mass is 32.1. The van der Waals surface area contributed by atoms with Gasteiger partial charge in [0.05, 0.1) is 19.3 Å². The monoisotopic (exact) mass is 281 g/mol. The first-order valence-electron chi connectivity index (χ1n) is 6.88. The van der Waals surface area contributed by atoms with Crippen LogP contribution < -0.4 is 5.32 Å². The van der Waals surface area contributed by atoms with E-state index in [1.807, 2.05) is 5.38 Å². The zero-order valence-corrected chi connectivity index (χ0v) is 11.7. The highest BCUT2D eigenvalue weighted by Gasteiger charge is 2.34. The topological polar surface area (TPSA) is 54.5 Å². The average molecular weight is 281 g/mol. The largest absolute Gasteiger partial charge is 0.375 e. The van der Waals surface area contributed by atoms with Gasteiger partial charge in [0.15, 0.2) is 5.13 Å². The molecular formula is C13H19N3O2S. The molecule has 1 aliphatic heterocycles. The molecule has 1 amide bonds. The summed E-state index contributed by atoms with van der Waals surface area (Å²) in [6.45, 7) is 2.04. The summed E-state index contributed by atoms with van der Waals surface area (Å²) in [5, 5.41) is 5.39. The molecule has 1 aliphatic carbocycles. The van der Waals surface area contributed by atoms with Gasteiger partial charge < -0.3 is 10.1 Å². The number of hydrogen-bond acceptors (Lipinski definition) is 5. The Hall–Kier alpha value is -0.980. The van der Waals surface area contributed by atoms with Gasteiger partial charge in [0, 0.05) is 24.2 Å². The molecule has 104 valence electrons. The Bertz CT molecular complexity index is 422. The van der Waals surface area contributed by atoms with Crippen molar-refractivity contribution in [2.24, 2.45) is 0 Å². The SMILES string of the molecule is O=C(CN1CCO[C@H]2CCCC[C@@H]21)Nc1nccs1. The Morgan fingerprint density at radius 1 is 1.53 bits per heavy atom. The molecule has 1 aromatic heterocycles. The third-order valence-electron chi connectivity index (χ3n) is 3.87. The quantitative estimate of drug-likeness (QED) is 0.916. The molecule has 2 heterocycles. The van der Waals surface area contributed by atoms with E-state index in [0.29, 0.717) is 23.8 Å². The lowest BCUT2D eigenvalue weighted by molar-refractivity contribution is -0.124. The Kier molecular flexibility index (Phi) is 4.10.